The molecule has 2 aromatic rings. The van der Waals surface area contributed by atoms with E-state index in [4.69, 9.17) is 5.73 Å². The van der Waals surface area contributed by atoms with Gasteiger partial charge in [0.2, 0.25) is 5.91 Å². The van der Waals surface area contributed by atoms with E-state index in [0.717, 1.165) is 31.5 Å². The summed E-state index contributed by atoms with van der Waals surface area (Å²) in [4.78, 5) is 44.3. The first-order valence-corrected chi connectivity index (χ1v) is 10.6. The van der Waals surface area contributed by atoms with Crippen LogP contribution in [0.1, 0.15) is 38.7 Å². The van der Waals surface area contributed by atoms with Crippen molar-refractivity contribution in [3.8, 4) is 0 Å². The number of benzene rings is 1. The number of nitrogen functional groups attached to an aromatic ring is 1. The predicted molar refractivity (Wildman–Crippen MR) is 119 cm³/mol. The molecule has 0 bridgehead atoms. The van der Waals surface area contributed by atoms with Gasteiger partial charge in [-0.25, -0.2) is 4.79 Å². The molecule has 8 nitrogen and oxygen atoms in total. The number of nitrogens with zero attached hydrogens (tertiary/aromatic N) is 3. The fraction of sp³-hybridized carbons (Fsp3) is 0.500. The van der Waals surface area contributed by atoms with Gasteiger partial charge in [-0.05, 0) is 37.4 Å². The highest BCUT2D eigenvalue weighted by atomic mass is 16.2. The lowest BCUT2D eigenvalue weighted by Gasteiger charge is -2.31. The molecule has 1 aromatic carbocycles. The Balaban J connectivity index is 1.97. The molecule has 30 heavy (non-hydrogen) atoms. The van der Waals surface area contributed by atoms with Gasteiger partial charge in [0, 0.05) is 6.54 Å². The molecule has 0 saturated carbocycles. The molecule has 0 atom stereocenters. The lowest BCUT2D eigenvalue weighted by molar-refractivity contribution is -0.120. The van der Waals surface area contributed by atoms with Gasteiger partial charge in [-0.15, -0.1) is 0 Å². The Hall–Kier alpha value is -2.87. The third-order valence-corrected chi connectivity index (χ3v) is 5.32. The molecule has 1 fully saturated rings. The molecule has 2 heterocycles. The number of aromatic amines is 1. The third kappa shape index (κ3) is 5.18. The number of H-pyrrole nitrogens is 1. The highest BCUT2D eigenvalue weighted by Crippen LogP contribution is 2.20. The fourth-order valence-electron chi connectivity index (χ4n) is 3.84. The van der Waals surface area contributed by atoms with E-state index in [-0.39, 0.29) is 36.4 Å². The maximum absolute atomic E-state index is 13.2. The smallest absolute Gasteiger partial charge is 0.330 e. The Morgan fingerprint density at radius 3 is 2.43 bits per heavy atom. The molecule has 0 spiro atoms. The second kappa shape index (κ2) is 9.75. The summed E-state index contributed by atoms with van der Waals surface area (Å²) in [5, 5.41) is 0. The third-order valence-electron chi connectivity index (χ3n) is 5.32. The quantitative estimate of drug-likeness (QED) is 0.718. The summed E-state index contributed by atoms with van der Waals surface area (Å²) in [5.41, 5.74) is 6.03. The lowest BCUT2D eigenvalue weighted by Crippen LogP contribution is -2.47. The summed E-state index contributed by atoms with van der Waals surface area (Å²) in [6.45, 7) is 6.51. The first-order valence-electron chi connectivity index (χ1n) is 10.6. The van der Waals surface area contributed by atoms with E-state index in [9.17, 15) is 14.4 Å². The summed E-state index contributed by atoms with van der Waals surface area (Å²) >= 11 is 0. The Labute approximate surface area is 176 Å². The second-order valence-electron chi connectivity index (χ2n) is 8.30. The Bertz CT molecular complexity index is 975. The summed E-state index contributed by atoms with van der Waals surface area (Å²) in [7, 11) is 0. The van der Waals surface area contributed by atoms with Crippen molar-refractivity contribution in [2.45, 2.75) is 39.7 Å². The van der Waals surface area contributed by atoms with Crippen molar-refractivity contribution in [2.75, 3.05) is 36.8 Å². The zero-order valence-electron chi connectivity index (χ0n) is 17.8. The number of nitrogens with one attached hydrogen (secondary N) is 1. The number of anilines is 2. The summed E-state index contributed by atoms with van der Waals surface area (Å²) in [6, 6.07) is 9.39. The van der Waals surface area contributed by atoms with Crippen LogP contribution >= 0.6 is 0 Å². The maximum atomic E-state index is 13.2. The van der Waals surface area contributed by atoms with Crippen molar-refractivity contribution < 1.29 is 4.79 Å². The van der Waals surface area contributed by atoms with Crippen molar-refractivity contribution in [3.05, 3.63) is 56.7 Å². The van der Waals surface area contributed by atoms with Crippen LogP contribution in [-0.4, -0.2) is 46.5 Å². The number of hydrogen-bond acceptors (Lipinski definition) is 5. The molecule has 1 saturated heterocycles. The van der Waals surface area contributed by atoms with E-state index in [1.54, 1.807) is 0 Å². The summed E-state index contributed by atoms with van der Waals surface area (Å²) < 4.78 is 1.31. The average molecular weight is 414 g/mol. The van der Waals surface area contributed by atoms with Gasteiger partial charge in [-0.2, -0.15) is 0 Å². The van der Waals surface area contributed by atoms with Crippen LogP contribution in [0.4, 0.5) is 11.5 Å². The Morgan fingerprint density at radius 1 is 1.13 bits per heavy atom. The van der Waals surface area contributed by atoms with Crippen LogP contribution in [0.3, 0.4) is 0 Å². The molecular weight excluding hydrogens is 382 g/mol. The molecule has 0 aliphatic carbocycles. The summed E-state index contributed by atoms with van der Waals surface area (Å²) in [5.74, 6) is -0.0310. The first kappa shape index (κ1) is 21.8. The molecule has 1 aliphatic rings. The topological polar surface area (TPSA) is 104 Å². The second-order valence-corrected chi connectivity index (χ2v) is 8.30. The minimum Gasteiger partial charge on any atom is -0.383 e. The number of hydrogen-bond donors (Lipinski definition) is 2. The number of nitrogens with two attached hydrogens (primary N) is 1. The average Bonchev–Trinajstić information content (AvgIpc) is 2.71. The predicted octanol–water partition coefficient (Wildman–Crippen LogP) is 1.64. The monoisotopic (exact) mass is 413 g/mol. The van der Waals surface area contributed by atoms with Crippen LogP contribution in [0.15, 0.2) is 39.9 Å². The van der Waals surface area contributed by atoms with Gasteiger partial charge < -0.3 is 10.6 Å². The molecule has 0 radical (unpaired) electrons. The number of likely N-dealkylation sites (tertiary alicyclic amines) is 1. The SMILES string of the molecule is CC(C)CN(C(=O)CN1CCCCC1)c1c(N)n(Cc2ccccc2)c(=O)[nH]c1=O. The van der Waals surface area contributed by atoms with Gasteiger partial charge in [0.15, 0.2) is 5.69 Å². The van der Waals surface area contributed by atoms with Crippen molar-refractivity contribution in [3.63, 3.8) is 0 Å². The molecule has 3 rings (SSSR count). The van der Waals surface area contributed by atoms with Crippen molar-refractivity contribution in [1.29, 1.82) is 0 Å². The van der Waals surface area contributed by atoms with E-state index in [2.05, 4.69) is 9.88 Å². The first-order chi connectivity index (χ1) is 14.4. The molecule has 1 aromatic heterocycles. The van der Waals surface area contributed by atoms with Crippen LogP contribution in [0.5, 0.6) is 0 Å². The van der Waals surface area contributed by atoms with Crippen molar-refractivity contribution in [1.82, 2.24) is 14.5 Å². The lowest BCUT2D eigenvalue weighted by atomic mass is 10.1. The number of piperidine rings is 1. The van der Waals surface area contributed by atoms with Gasteiger partial charge >= 0.3 is 5.69 Å². The molecule has 1 aliphatic heterocycles. The normalized spacial score (nSPS) is 14.8. The minimum atomic E-state index is -0.630. The minimum absolute atomic E-state index is 0.0141. The highest BCUT2D eigenvalue weighted by Gasteiger charge is 2.26. The maximum Gasteiger partial charge on any atom is 0.330 e. The standard InChI is InChI=1S/C22H31N5O3/c1-16(2)13-26(18(28)15-25-11-7-4-8-12-25)19-20(23)27(22(30)24-21(19)29)14-17-9-5-3-6-10-17/h3,5-6,9-10,16H,4,7-8,11-15,23H2,1-2H3,(H,24,29,30). The van der Waals surface area contributed by atoms with E-state index in [1.807, 2.05) is 44.2 Å². The van der Waals surface area contributed by atoms with Gasteiger partial charge in [0.1, 0.15) is 5.82 Å². The largest absolute Gasteiger partial charge is 0.383 e. The molecular formula is C22H31N5O3. The van der Waals surface area contributed by atoms with Crippen molar-refractivity contribution in [2.24, 2.45) is 5.92 Å². The number of carbonyl (C=O) groups is 1. The molecule has 0 unspecified atom stereocenters. The Morgan fingerprint density at radius 2 is 1.80 bits per heavy atom. The Kier molecular flexibility index (Phi) is 7.10. The molecule has 1 amide bonds. The van der Waals surface area contributed by atoms with Gasteiger partial charge in [-0.3, -0.25) is 24.0 Å². The van der Waals surface area contributed by atoms with Crippen LogP contribution in [-0.2, 0) is 11.3 Å². The number of carbonyl (C=O) groups excluding carboxylic acids is 1. The van der Waals surface area contributed by atoms with E-state index >= 15 is 0 Å². The molecule has 8 heteroatoms. The van der Waals surface area contributed by atoms with E-state index < -0.39 is 11.2 Å². The summed E-state index contributed by atoms with van der Waals surface area (Å²) in [6.07, 6.45) is 3.32. The van der Waals surface area contributed by atoms with Crippen LogP contribution < -0.4 is 21.9 Å². The number of rotatable bonds is 7. The van der Waals surface area contributed by atoms with Crippen LogP contribution in [0, 0.1) is 5.92 Å². The van der Waals surface area contributed by atoms with E-state index in [1.165, 1.54) is 15.9 Å². The van der Waals surface area contributed by atoms with Crippen LogP contribution in [0.2, 0.25) is 0 Å². The zero-order valence-corrected chi connectivity index (χ0v) is 17.8. The van der Waals surface area contributed by atoms with Gasteiger partial charge in [0.05, 0.1) is 13.1 Å². The van der Waals surface area contributed by atoms with Crippen molar-refractivity contribution >= 4 is 17.4 Å². The van der Waals surface area contributed by atoms with E-state index in [0.29, 0.717) is 6.54 Å². The highest BCUT2D eigenvalue weighted by molar-refractivity contribution is 5.96. The molecule has 3 N–H and O–H groups in total. The number of amides is 1. The van der Waals surface area contributed by atoms with Gasteiger partial charge in [0.25, 0.3) is 5.56 Å². The molecule has 162 valence electrons. The fourth-order valence-corrected chi connectivity index (χ4v) is 3.84. The zero-order chi connectivity index (χ0) is 21.7. The number of aromatic nitrogens is 2. The van der Waals surface area contributed by atoms with Gasteiger partial charge in [-0.1, -0.05) is 50.6 Å². The van der Waals surface area contributed by atoms with Crippen LogP contribution in [0.25, 0.3) is 0 Å².